The van der Waals surface area contributed by atoms with Crippen LogP contribution in [-0.4, -0.2) is 21.0 Å². The quantitative estimate of drug-likeness (QED) is 0.872. The van der Waals surface area contributed by atoms with Gasteiger partial charge in [0, 0.05) is 11.3 Å². The van der Waals surface area contributed by atoms with Crippen LogP contribution in [0.2, 0.25) is 0 Å². The number of benzene rings is 1. The molecule has 4 nitrogen and oxygen atoms in total. The first-order chi connectivity index (χ1) is 8.47. The van der Waals surface area contributed by atoms with Gasteiger partial charge in [0.1, 0.15) is 5.82 Å². The molecule has 0 amide bonds. The molecule has 1 aromatic carbocycles. The first kappa shape index (κ1) is 12.4. The molecule has 1 heterocycles. The molecule has 0 spiro atoms. The minimum absolute atomic E-state index is 0.0484. The topological polar surface area (TPSA) is 66.0 Å². The van der Waals surface area contributed by atoms with Crippen LogP contribution in [0.25, 0.3) is 11.4 Å². The van der Waals surface area contributed by atoms with Gasteiger partial charge < -0.3 is 10.1 Å². The van der Waals surface area contributed by atoms with Crippen molar-refractivity contribution in [2.24, 2.45) is 0 Å². The molecule has 0 aliphatic rings. The van der Waals surface area contributed by atoms with E-state index in [0.717, 1.165) is 17.1 Å². The van der Waals surface area contributed by atoms with Gasteiger partial charge in [-0.1, -0.05) is 12.1 Å². The van der Waals surface area contributed by atoms with Gasteiger partial charge in [-0.2, -0.15) is 0 Å². The molecule has 0 bridgehead atoms. The molecule has 0 saturated heterocycles. The Kier molecular flexibility index (Phi) is 3.19. The number of hydrogen-bond donors (Lipinski definition) is 2. The molecule has 2 N–H and O–H groups in total. The molecule has 0 unspecified atom stereocenters. The molecular weight excluding hydrogens is 228 g/mol. The summed E-state index contributed by atoms with van der Waals surface area (Å²) in [5, 5.41) is 8.80. The van der Waals surface area contributed by atoms with E-state index in [9.17, 15) is 4.79 Å². The third-order valence-corrected chi connectivity index (χ3v) is 3.08. The number of aromatic nitrogens is 2. The van der Waals surface area contributed by atoms with E-state index in [1.807, 2.05) is 26.0 Å². The van der Waals surface area contributed by atoms with Crippen molar-refractivity contribution < 1.29 is 9.90 Å². The molecule has 2 rings (SSSR count). The van der Waals surface area contributed by atoms with Gasteiger partial charge in [-0.3, -0.25) is 4.79 Å². The predicted molar refractivity (Wildman–Crippen MR) is 69.6 cm³/mol. The third-order valence-electron chi connectivity index (χ3n) is 3.08. The van der Waals surface area contributed by atoms with E-state index >= 15 is 0 Å². The highest BCUT2D eigenvalue weighted by atomic mass is 16.4. The molecule has 0 aliphatic carbocycles. The number of aryl methyl sites for hydroxylation is 3. The van der Waals surface area contributed by atoms with Crippen molar-refractivity contribution in [1.82, 2.24) is 9.97 Å². The van der Waals surface area contributed by atoms with Crippen LogP contribution in [0.1, 0.15) is 22.5 Å². The fourth-order valence-corrected chi connectivity index (χ4v) is 1.84. The van der Waals surface area contributed by atoms with Crippen LogP contribution in [0.5, 0.6) is 0 Å². The Morgan fingerprint density at radius 2 is 2.00 bits per heavy atom. The lowest BCUT2D eigenvalue weighted by atomic mass is 10.1. The smallest absolute Gasteiger partial charge is 0.309 e. The Morgan fingerprint density at radius 3 is 2.61 bits per heavy atom. The first-order valence-corrected chi connectivity index (χ1v) is 5.82. The van der Waals surface area contributed by atoms with Gasteiger partial charge in [0.2, 0.25) is 0 Å². The van der Waals surface area contributed by atoms with E-state index in [0.29, 0.717) is 5.69 Å². The molecule has 94 valence electrons. The number of hydrogen-bond acceptors (Lipinski definition) is 2. The van der Waals surface area contributed by atoms with Crippen molar-refractivity contribution in [3.8, 4) is 11.4 Å². The van der Waals surface area contributed by atoms with Gasteiger partial charge in [0.15, 0.2) is 0 Å². The third kappa shape index (κ3) is 2.42. The highest BCUT2D eigenvalue weighted by molar-refractivity contribution is 5.70. The Balaban J connectivity index is 2.39. The highest BCUT2D eigenvalue weighted by Gasteiger charge is 2.11. The zero-order chi connectivity index (χ0) is 13.3. The Hall–Kier alpha value is -2.10. The van der Waals surface area contributed by atoms with E-state index in [1.165, 1.54) is 11.1 Å². The van der Waals surface area contributed by atoms with E-state index in [-0.39, 0.29) is 6.42 Å². The second-order valence-electron chi connectivity index (χ2n) is 4.53. The minimum atomic E-state index is -0.865. The van der Waals surface area contributed by atoms with Gasteiger partial charge >= 0.3 is 5.97 Å². The Morgan fingerprint density at radius 1 is 1.28 bits per heavy atom. The standard InChI is InChI=1S/C14H16N2O2/c1-8-4-5-11(6-9(8)2)14-15-10(3)12(16-14)7-13(17)18/h4-6H,7H2,1-3H3,(H,15,16)(H,17,18). The number of rotatable bonds is 3. The van der Waals surface area contributed by atoms with Crippen LogP contribution in [0.3, 0.4) is 0 Å². The molecular formula is C14H16N2O2. The SMILES string of the molecule is Cc1ccc(-c2nc(CC(=O)O)c(C)[nH]2)cc1C. The summed E-state index contributed by atoms with van der Waals surface area (Å²) in [7, 11) is 0. The fourth-order valence-electron chi connectivity index (χ4n) is 1.84. The maximum atomic E-state index is 10.7. The lowest BCUT2D eigenvalue weighted by molar-refractivity contribution is -0.136. The Bertz CT molecular complexity index is 600. The molecule has 0 fully saturated rings. The van der Waals surface area contributed by atoms with Gasteiger partial charge in [-0.05, 0) is 38.0 Å². The molecule has 1 aromatic heterocycles. The molecule has 4 heteroatoms. The lowest BCUT2D eigenvalue weighted by Gasteiger charge is -2.02. The van der Waals surface area contributed by atoms with Crippen molar-refractivity contribution in [2.45, 2.75) is 27.2 Å². The summed E-state index contributed by atoms with van der Waals surface area (Å²) in [4.78, 5) is 18.2. The summed E-state index contributed by atoms with van der Waals surface area (Å²) in [6, 6.07) is 6.09. The van der Waals surface area contributed by atoms with E-state index in [4.69, 9.17) is 5.11 Å². The second-order valence-corrected chi connectivity index (χ2v) is 4.53. The van der Waals surface area contributed by atoms with Crippen LogP contribution in [0, 0.1) is 20.8 Å². The highest BCUT2D eigenvalue weighted by Crippen LogP contribution is 2.21. The zero-order valence-electron chi connectivity index (χ0n) is 10.7. The van der Waals surface area contributed by atoms with E-state index in [1.54, 1.807) is 0 Å². The summed E-state index contributed by atoms with van der Waals surface area (Å²) in [6.45, 7) is 5.95. The van der Waals surface area contributed by atoms with Crippen LogP contribution < -0.4 is 0 Å². The molecule has 0 aliphatic heterocycles. The average molecular weight is 244 g/mol. The lowest BCUT2D eigenvalue weighted by Crippen LogP contribution is -2.01. The van der Waals surface area contributed by atoms with Crippen LogP contribution in [0.4, 0.5) is 0 Å². The number of nitrogens with one attached hydrogen (secondary N) is 1. The zero-order valence-corrected chi connectivity index (χ0v) is 10.7. The molecule has 18 heavy (non-hydrogen) atoms. The van der Waals surface area contributed by atoms with Gasteiger partial charge in [0.05, 0.1) is 12.1 Å². The number of carbonyl (C=O) groups is 1. The van der Waals surface area contributed by atoms with Crippen molar-refractivity contribution in [1.29, 1.82) is 0 Å². The normalized spacial score (nSPS) is 10.6. The molecule has 0 atom stereocenters. The number of carboxylic acid groups (broad SMARTS) is 1. The monoisotopic (exact) mass is 244 g/mol. The van der Waals surface area contributed by atoms with Gasteiger partial charge in [-0.25, -0.2) is 4.98 Å². The first-order valence-electron chi connectivity index (χ1n) is 5.82. The fraction of sp³-hybridized carbons (Fsp3) is 0.286. The summed E-state index contributed by atoms with van der Waals surface area (Å²) in [5.74, 6) is -0.136. The average Bonchev–Trinajstić information content (AvgIpc) is 2.63. The maximum Gasteiger partial charge on any atom is 0.309 e. The minimum Gasteiger partial charge on any atom is -0.481 e. The largest absolute Gasteiger partial charge is 0.481 e. The van der Waals surface area contributed by atoms with Crippen molar-refractivity contribution in [2.75, 3.05) is 0 Å². The van der Waals surface area contributed by atoms with Crippen LogP contribution >= 0.6 is 0 Å². The summed E-state index contributed by atoms with van der Waals surface area (Å²) < 4.78 is 0. The van der Waals surface area contributed by atoms with Gasteiger partial charge in [0.25, 0.3) is 0 Å². The number of imidazole rings is 1. The van der Waals surface area contributed by atoms with Crippen LogP contribution in [0.15, 0.2) is 18.2 Å². The number of carboxylic acids is 1. The Labute approximate surface area is 106 Å². The van der Waals surface area contributed by atoms with E-state index in [2.05, 4.69) is 23.0 Å². The summed E-state index contributed by atoms with van der Waals surface area (Å²) >= 11 is 0. The van der Waals surface area contributed by atoms with Crippen molar-refractivity contribution in [3.05, 3.63) is 40.7 Å². The number of aliphatic carboxylic acids is 1. The van der Waals surface area contributed by atoms with Crippen molar-refractivity contribution >= 4 is 5.97 Å². The predicted octanol–water partition coefficient (Wildman–Crippen LogP) is 2.63. The van der Waals surface area contributed by atoms with E-state index < -0.39 is 5.97 Å². The number of aromatic amines is 1. The second kappa shape index (κ2) is 4.64. The number of H-pyrrole nitrogens is 1. The molecule has 0 saturated carbocycles. The van der Waals surface area contributed by atoms with Crippen LogP contribution in [-0.2, 0) is 11.2 Å². The summed E-state index contributed by atoms with van der Waals surface area (Å²) in [5.41, 5.74) is 4.81. The molecule has 2 aromatic rings. The maximum absolute atomic E-state index is 10.7. The summed E-state index contributed by atoms with van der Waals surface area (Å²) in [6.07, 6.45) is -0.0484. The molecule has 0 radical (unpaired) electrons. The number of nitrogens with zero attached hydrogens (tertiary/aromatic N) is 1. The van der Waals surface area contributed by atoms with Crippen molar-refractivity contribution in [3.63, 3.8) is 0 Å². The van der Waals surface area contributed by atoms with Gasteiger partial charge in [-0.15, -0.1) is 0 Å².